The van der Waals surface area contributed by atoms with Crippen molar-refractivity contribution in [1.29, 1.82) is 0 Å². The van der Waals surface area contributed by atoms with E-state index in [9.17, 15) is 4.79 Å². The van der Waals surface area contributed by atoms with E-state index in [-0.39, 0.29) is 11.4 Å². The van der Waals surface area contributed by atoms with Gasteiger partial charge in [-0.1, -0.05) is 6.07 Å². The van der Waals surface area contributed by atoms with Crippen LogP contribution in [0.5, 0.6) is 11.6 Å². The molecule has 20 heavy (non-hydrogen) atoms. The van der Waals surface area contributed by atoms with Crippen molar-refractivity contribution >= 4 is 11.6 Å². The minimum Gasteiger partial charge on any atom is -0.438 e. The van der Waals surface area contributed by atoms with Crippen LogP contribution in [0, 0.1) is 20.8 Å². The van der Waals surface area contributed by atoms with Gasteiger partial charge in [-0.25, -0.2) is 4.98 Å². The normalized spacial score (nSPS) is 10.3. The molecule has 0 aliphatic carbocycles. The van der Waals surface area contributed by atoms with E-state index in [1.165, 1.54) is 12.3 Å². The lowest BCUT2D eigenvalue weighted by atomic mass is 10.1. The van der Waals surface area contributed by atoms with Crippen molar-refractivity contribution < 1.29 is 9.53 Å². The van der Waals surface area contributed by atoms with Gasteiger partial charge in [0.2, 0.25) is 5.88 Å². The molecule has 1 aromatic carbocycles. The average Bonchev–Trinajstić information content (AvgIpc) is 2.37. The Bertz CT molecular complexity index is 681. The maximum atomic E-state index is 11.4. The number of rotatable bonds is 3. The SMILES string of the molecule is Cc1cc(C)c(C)c(Oc2ncc(N)cc2C(N)=O)c1. The summed E-state index contributed by atoms with van der Waals surface area (Å²) in [6, 6.07) is 5.42. The van der Waals surface area contributed by atoms with Gasteiger partial charge in [0.15, 0.2) is 0 Å². The first-order chi connectivity index (χ1) is 9.38. The molecule has 0 bridgehead atoms. The number of pyridine rings is 1. The lowest BCUT2D eigenvalue weighted by Crippen LogP contribution is -2.13. The Morgan fingerprint density at radius 3 is 2.55 bits per heavy atom. The second-order valence-corrected chi connectivity index (χ2v) is 4.79. The second-order valence-electron chi connectivity index (χ2n) is 4.79. The third-order valence-electron chi connectivity index (χ3n) is 3.11. The highest BCUT2D eigenvalue weighted by atomic mass is 16.5. The molecule has 0 spiro atoms. The van der Waals surface area contributed by atoms with Gasteiger partial charge in [0.05, 0.1) is 11.9 Å². The molecule has 0 radical (unpaired) electrons. The number of carbonyl (C=O) groups excluding carboxylic acids is 1. The number of primary amides is 1. The Hall–Kier alpha value is -2.56. The van der Waals surface area contributed by atoms with Crippen LogP contribution in [0.1, 0.15) is 27.0 Å². The molecule has 4 N–H and O–H groups in total. The molecule has 0 unspecified atom stereocenters. The molecule has 0 atom stereocenters. The molecule has 5 heteroatoms. The first kappa shape index (κ1) is 13.9. The summed E-state index contributed by atoms with van der Waals surface area (Å²) in [5.74, 6) is 0.198. The standard InChI is InChI=1S/C15H17N3O2/c1-8-4-9(2)10(3)13(5-8)20-15-12(14(17)19)6-11(16)7-18-15/h4-7H,16H2,1-3H3,(H2,17,19). The number of benzene rings is 1. The molecule has 5 nitrogen and oxygen atoms in total. The van der Waals surface area contributed by atoms with Gasteiger partial charge in [0.1, 0.15) is 11.3 Å². The molecule has 2 aromatic rings. The highest BCUT2D eigenvalue weighted by molar-refractivity contribution is 5.95. The number of aryl methyl sites for hydroxylation is 2. The number of nitrogen functional groups attached to an aromatic ring is 1. The zero-order chi connectivity index (χ0) is 14.9. The van der Waals surface area contributed by atoms with E-state index in [4.69, 9.17) is 16.2 Å². The molecular formula is C15H17N3O2. The quantitative estimate of drug-likeness (QED) is 0.897. The molecule has 0 fully saturated rings. The van der Waals surface area contributed by atoms with Crippen LogP contribution in [-0.4, -0.2) is 10.9 Å². The monoisotopic (exact) mass is 271 g/mol. The summed E-state index contributed by atoms with van der Waals surface area (Å²) in [4.78, 5) is 15.5. The van der Waals surface area contributed by atoms with Gasteiger partial charge in [0.25, 0.3) is 5.91 Å². The molecule has 0 aliphatic rings. The highest BCUT2D eigenvalue weighted by Crippen LogP contribution is 2.29. The molecular weight excluding hydrogens is 254 g/mol. The van der Waals surface area contributed by atoms with Crippen molar-refractivity contribution in [3.05, 3.63) is 46.6 Å². The van der Waals surface area contributed by atoms with Gasteiger partial charge < -0.3 is 16.2 Å². The van der Waals surface area contributed by atoms with E-state index in [2.05, 4.69) is 11.1 Å². The van der Waals surface area contributed by atoms with Crippen LogP contribution in [-0.2, 0) is 0 Å². The number of hydrogen-bond acceptors (Lipinski definition) is 4. The molecule has 2 rings (SSSR count). The van der Waals surface area contributed by atoms with E-state index in [0.717, 1.165) is 16.7 Å². The molecule has 1 aromatic heterocycles. The van der Waals surface area contributed by atoms with Gasteiger partial charge in [-0.05, 0) is 49.6 Å². The first-order valence-electron chi connectivity index (χ1n) is 6.19. The summed E-state index contributed by atoms with van der Waals surface area (Å²) >= 11 is 0. The van der Waals surface area contributed by atoms with Crippen molar-refractivity contribution in [3.8, 4) is 11.6 Å². The number of aromatic nitrogens is 1. The number of hydrogen-bond donors (Lipinski definition) is 2. The Labute approximate surface area is 117 Å². The summed E-state index contributed by atoms with van der Waals surface area (Å²) in [6.07, 6.45) is 1.43. The third-order valence-corrected chi connectivity index (χ3v) is 3.11. The number of nitrogens with two attached hydrogens (primary N) is 2. The van der Waals surface area contributed by atoms with Crippen LogP contribution in [0.2, 0.25) is 0 Å². The number of anilines is 1. The van der Waals surface area contributed by atoms with Crippen LogP contribution >= 0.6 is 0 Å². The number of nitrogens with zero attached hydrogens (tertiary/aromatic N) is 1. The summed E-state index contributed by atoms with van der Waals surface area (Å²) in [5, 5.41) is 0. The largest absolute Gasteiger partial charge is 0.438 e. The van der Waals surface area contributed by atoms with Crippen LogP contribution in [0.25, 0.3) is 0 Å². The summed E-state index contributed by atoms with van der Waals surface area (Å²) in [7, 11) is 0. The van der Waals surface area contributed by atoms with Crippen LogP contribution in [0.4, 0.5) is 5.69 Å². The fourth-order valence-corrected chi connectivity index (χ4v) is 1.94. The van der Waals surface area contributed by atoms with E-state index >= 15 is 0 Å². The van der Waals surface area contributed by atoms with Crippen LogP contribution in [0.15, 0.2) is 24.4 Å². The highest BCUT2D eigenvalue weighted by Gasteiger charge is 2.14. The molecule has 0 aliphatic heterocycles. The zero-order valence-corrected chi connectivity index (χ0v) is 11.7. The predicted octanol–water partition coefficient (Wildman–Crippen LogP) is 2.48. The summed E-state index contributed by atoms with van der Waals surface area (Å²) in [5.41, 5.74) is 14.6. The second kappa shape index (κ2) is 5.21. The van der Waals surface area contributed by atoms with Crippen molar-refractivity contribution in [2.75, 3.05) is 5.73 Å². The third kappa shape index (κ3) is 2.71. The van der Waals surface area contributed by atoms with Gasteiger partial charge >= 0.3 is 0 Å². The Morgan fingerprint density at radius 1 is 1.20 bits per heavy atom. The maximum absolute atomic E-state index is 11.4. The van der Waals surface area contributed by atoms with Gasteiger partial charge in [-0.15, -0.1) is 0 Å². The fraction of sp³-hybridized carbons (Fsp3) is 0.200. The van der Waals surface area contributed by atoms with E-state index in [1.54, 1.807) is 0 Å². The van der Waals surface area contributed by atoms with Gasteiger partial charge in [-0.2, -0.15) is 0 Å². The smallest absolute Gasteiger partial charge is 0.254 e. The Balaban J connectivity index is 2.48. The average molecular weight is 271 g/mol. The zero-order valence-electron chi connectivity index (χ0n) is 11.7. The van der Waals surface area contributed by atoms with Crippen LogP contribution < -0.4 is 16.2 Å². The lowest BCUT2D eigenvalue weighted by molar-refractivity contribution is 0.0997. The van der Waals surface area contributed by atoms with E-state index < -0.39 is 5.91 Å². The Morgan fingerprint density at radius 2 is 1.90 bits per heavy atom. The fourth-order valence-electron chi connectivity index (χ4n) is 1.94. The minimum absolute atomic E-state index is 0.166. The number of carbonyl (C=O) groups is 1. The molecule has 104 valence electrons. The van der Waals surface area contributed by atoms with E-state index in [1.807, 2.05) is 26.8 Å². The number of amides is 1. The summed E-state index contributed by atoms with van der Waals surface area (Å²) < 4.78 is 5.75. The lowest BCUT2D eigenvalue weighted by Gasteiger charge is -2.13. The van der Waals surface area contributed by atoms with Crippen LogP contribution in [0.3, 0.4) is 0 Å². The first-order valence-corrected chi connectivity index (χ1v) is 6.19. The molecule has 1 amide bonds. The Kier molecular flexibility index (Phi) is 3.61. The molecule has 0 saturated carbocycles. The maximum Gasteiger partial charge on any atom is 0.254 e. The number of ether oxygens (including phenoxy) is 1. The minimum atomic E-state index is -0.623. The topological polar surface area (TPSA) is 91.2 Å². The van der Waals surface area contributed by atoms with Crippen molar-refractivity contribution in [2.45, 2.75) is 20.8 Å². The van der Waals surface area contributed by atoms with Crippen molar-refractivity contribution in [2.24, 2.45) is 5.73 Å². The summed E-state index contributed by atoms with van der Waals surface area (Å²) in [6.45, 7) is 5.93. The van der Waals surface area contributed by atoms with Gasteiger partial charge in [0, 0.05) is 0 Å². The molecule has 0 saturated heterocycles. The predicted molar refractivity (Wildman–Crippen MR) is 77.9 cm³/mol. The molecule has 1 heterocycles. The van der Waals surface area contributed by atoms with Crippen molar-refractivity contribution in [1.82, 2.24) is 4.98 Å². The van der Waals surface area contributed by atoms with E-state index in [0.29, 0.717) is 11.4 Å². The van der Waals surface area contributed by atoms with Gasteiger partial charge in [-0.3, -0.25) is 4.79 Å². The van der Waals surface area contributed by atoms with Crippen molar-refractivity contribution in [3.63, 3.8) is 0 Å².